The van der Waals surface area contributed by atoms with Gasteiger partial charge in [0.25, 0.3) is 0 Å². The fourth-order valence-electron chi connectivity index (χ4n) is 3.31. The minimum atomic E-state index is -0.803. The Balaban J connectivity index is 2.07. The van der Waals surface area contributed by atoms with E-state index in [2.05, 4.69) is 6.07 Å². The molecule has 0 bridgehead atoms. The van der Waals surface area contributed by atoms with Gasteiger partial charge in [-0.3, -0.25) is 9.59 Å². The highest BCUT2D eigenvalue weighted by molar-refractivity contribution is 5.81. The van der Waals surface area contributed by atoms with Gasteiger partial charge in [-0.05, 0) is 31.7 Å². The highest BCUT2D eigenvalue weighted by Gasteiger charge is 2.41. The second kappa shape index (κ2) is 6.29. The summed E-state index contributed by atoms with van der Waals surface area (Å²) in [5.74, 6) is -1.30. The van der Waals surface area contributed by atoms with Crippen molar-refractivity contribution in [3.8, 4) is 0 Å². The molecule has 0 radical (unpaired) electrons. The monoisotopic (exact) mass is 289 g/mol. The Morgan fingerprint density at radius 1 is 1.38 bits per heavy atom. The molecule has 21 heavy (non-hydrogen) atoms. The lowest BCUT2D eigenvalue weighted by molar-refractivity contribution is -0.154. The van der Waals surface area contributed by atoms with E-state index in [0.717, 1.165) is 6.42 Å². The molecule has 4 nitrogen and oxygen atoms in total. The quantitative estimate of drug-likeness (QED) is 0.926. The van der Waals surface area contributed by atoms with Gasteiger partial charge in [-0.25, -0.2) is 0 Å². The molecule has 1 aliphatic rings. The Morgan fingerprint density at radius 3 is 2.71 bits per heavy atom. The maximum atomic E-state index is 12.2. The molecule has 1 amide bonds. The number of aliphatic carboxylic acids is 1. The van der Waals surface area contributed by atoms with E-state index < -0.39 is 11.9 Å². The SMILES string of the molecule is Cc1cccc(CCN2C(=O)CC(C)C(C(=O)O)C2C)c1. The first-order valence-electron chi connectivity index (χ1n) is 7.48. The number of carbonyl (C=O) groups is 2. The second-order valence-electron chi connectivity index (χ2n) is 6.11. The summed E-state index contributed by atoms with van der Waals surface area (Å²) >= 11 is 0. The van der Waals surface area contributed by atoms with Crippen LogP contribution in [0.4, 0.5) is 0 Å². The van der Waals surface area contributed by atoms with Gasteiger partial charge in [0.15, 0.2) is 0 Å². The van der Waals surface area contributed by atoms with Gasteiger partial charge in [-0.2, -0.15) is 0 Å². The molecule has 2 rings (SSSR count). The third-order valence-electron chi connectivity index (χ3n) is 4.45. The second-order valence-corrected chi connectivity index (χ2v) is 6.11. The third-order valence-corrected chi connectivity index (χ3v) is 4.45. The molecule has 0 spiro atoms. The molecule has 1 heterocycles. The predicted molar refractivity (Wildman–Crippen MR) is 81.0 cm³/mol. The molecule has 1 aromatic carbocycles. The van der Waals surface area contributed by atoms with E-state index in [4.69, 9.17) is 0 Å². The fourth-order valence-corrected chi connectivity index (χ4v) is 3.31. The van der Waals surface area contributed by atoms with Gasteiger partial charge in [-0.1, -0.05) is 36.8 Å². The molecule has 1 fully saturated rings. The molecule has 0 aliphatic carbocycles. The van der Waals surface area contributed by atoms with Crippen molar-refractivity contribution < 1.29 is 14.7 Å². The number of hydrogen-bond donors (Lipinski definition) is 1. The highest BCUT2D eigenvalue weighted by atomic mass is 16.4. The number of nitrogens with zero attached hydrogens (tertiary/aromatic N) is 1. The maximum Gasteiger partial charge on any atom is 0.308 e. The standard InChI is InChI=1S/C17H23NO3/c1-11-5-4-6-14(9-11)7-8-18-13(3)16(17(20)21)12(2)10-15(18)19/h4-6,9,12-13,16H,7-8,10H2,1-3H3,(H,20,21). The molecule has 1 aromatic rings. The van der Waals surface area contributed by atoms with E-state index in [1.165, 1.54) is 11.1 Å². The summed E-state index contributed by atoms with van der Waals surface area (Å²) < 4.78 is 0. The van der Waals surface area contributed by atoms with Gasteiger partial charge in [0.05, 0.1) is 5.92 Å². The molecule has 1 saturated heterocycles. The Labute approximate surface area is 125 Å². The van der Waals surface area contributed by atoms with Crippen LogP contribution in [0.3, 0.4) is 0 Å². The number of rotatable bonds is 4. The Hall–Kier alpha value is -1.84. The van der Waals surface area contributed by atoms with Crippen LogP contribution in [0.2, 0.25) is 0 Å². The molecule has 0 aromatic heterocycles. The molecule has 1 N–H and O–H groups in total. The average Bonchev–Trinajstić information content (AvgIpc) is 2.37. The Morgan fingerprint density at radius 2 is 2.10 bits per heavy atom. The van der Waals surface area contributed by atoms with E-state index in [-0.39, 0.29) is 17.9 Å². The number of likely N-dealkylation sites (tertiary alicyclic amines) is 1. The first-order valence-corrected chi connectivity index (χ1v) is 7.48. The minimum Gasteiger partial charge on any atom is -0.481 e. The molecule has 114 valence electrons. The maximum absolute atomic E-state index is 12.2. The molecule has 3 atom stereocenters. The van der Waals surface area contributed by atoms with Gasteiger partial charge < -0.3 is 10.0 Å². The van der Waals surface area contributed by atoms with Crippen molar-refractivity contribution in [1.82, 2.24) is 4.90 Å². The van der Waals surface area contributed by atoms with Crippen LogP contribution in [-0.4, -0.2) is 34.5 Å². The molecule has 3 unspecified atom stereocenters. The molecular formula is C17H23NO3. The van der Waals surface area contributed by atoms with Crippen LogP contribution in [-0.2, 0) is 16.0 Å². The van der Waals surface area contributed by atoms with E-state index in [1.54, 1.807) is 4.90 Å². The van der Waals surface area contributed by atoms with Crippen LogP contribution in [0, 0.1) is 18.8 Å². The summed E-state index contributed by atoms with van der Waals surface area (Å²) in [6, 6.07) is 7.96. The van der Waals surface area contributed by atoms with Gasteiger partial charge in [0.2, 0.25) is 5.91 Å². The van der Waals surface area contributed by atoms with Crippen LogP contribution in [0.5, 0.6) is 0 Å². The van der Waals surface area contributed by atoms with E-state index in [1.807, 2.05) is 39.0 Å². The molecule has 1 aliphatic heterocycles. The number of carboxylic acid groups (broad SMARTS) is 1. The normalized spacial score (nSPS) is 26.0. The lowest BCUT2D eigenvalue weighted by Gasteiger charge is -2.40. The lowest BCUT2D eigenvalue weighted by Crippen LogP contribution is -2.53. The fraction of sp³-hybridized carbons (Fsp3) is 0.529. The lowest BCUT2D eigenvalue weighted by atomic mass is 9.81. The van der Waals surface area contributed by atoms with Gasteiger partial charge in [0.1, 0.15) is 0 Å². The summed E-state index contributed by atoms with van der Waals surface area (Å²) in [6.07, 6.45) is 1.09. The van der Waals surface area contributed by atoms with Crippen molar-refractivity contribution in [3.63, 3.8) is 0 Å². The molecular weight excluding hydrogens is 266 g/mol. The number of amides is 1. The summed E-state index contributed by atoms with van der Waals surface area (Å²) in [4.78, 5) is 25.4. The van der Waals surface area contributed by atoms with E-state index in [9.17, 15) is 14.7 Å². The molecule has 0 saturated carbocycles. The summed E-state index contributed by atoms with van der Waals surface area (Å²) in [7, 11) is 0. The number of piperidine rings is 1. The van der Waals surface area contributed by atoms with Crippen molar-refractivity contribution in [1.29, 1.82) is 0 Å². The number of carboxylic acids is 1. The van der Waals surface area contributed by atoms with Crippen LogP contribution in [0.1, 0.15) is 31.4 Å². The highest BCUT2D eigenvalue weighted by Crippen LogP contribution is 2.30. The molecule has 4 heteroatoms. The largest absolute Gasteiger partial charge is 0.481 e. The zero-order valence-corrected chi connectivity index (χ0v) is 12.9. The zero-order valence-electron chi connectivity index (χ0n) is 12.9. The zero-order chi connectivity index (χ0) is 15.6. The van der Waals surface area contributed by atoms with Crippen LogP contribution < -0.4 is 0 Å². The van der Waals surface area contributed by atoms with E-state index >= 15 is 0 Å². The number of carbonyl (C=O) groups excluding carboxylic acids is 1. The van der Waals surface area contributed by atoms with Crippen molar-refractivity contribution in [2.24, 2.45) is 11.8 Å². The van der Waals surface area contributed by atoms with Gasteiger partial charge in [0, 0.05) is 19.0 Å². The summed E-state index contributed by atoms with van der Waals surface area (Å²) in [5, 5.41) is 9.37. The summed E-state index contributed by atoms with van der Waals surface area (Å²) in [5.41, 5.74) is 2.38. The van der Waals surface area contributed by atoms with Crippen molar-refractivity contribution in [3.05, 3.63) is 35.4 Å². The smallest absolute Gasteiger partial charge is 0.308 e. The Bertz CT molecular complexity index is 541. The van der Waals surface area contributed by atoms with Crippen LogP contribution >= 0.6 is 0 Å². The van der Waals surface area contributed by atoms with Gasteiger partial charge in [-0.15, -0.1) is 0 Å². The topological polar surface area (TPSA) is 57.6 Å². The number of benzene rings is 1. The average molecular weight is 289 g/mol. The van der Waals surface area contributed by atoms with Crippen molar-refractivity contribution >= 4 is 11.9 Å². The van der Waals surface area contributed by atoms with Crippen molar-refractivity contribution in [2.75, 3.05) is 6.54 Å². The number of aryl methyl sites for hydroxylation is 1. The van der Waals surface area contributed by atoms with E-state index in [0.29, 0.717) is 13.0 Å². The van der Waals surface area contributed by atoms with Crippen LogP contribution in [0.25, 0.3) is 0 Å². The third kappa shape index (κ3) is 3.43. The first kappa shape index (κ1) is 15.5. The number of hydrogen-bond acceptors (Lipinski definition) is 2. The van der Waals surface area contributed by atoms with Crippen molar-refractivity contribution in [2.45, 2.75) is 39.7 Å². The van der Waals surface area contributed by atoms with Crippen LogP contribution in [0.15, 0.2) is 24.3 Å². The van der Waals surface area contributed by atoms with Gasteiger partial charge >= 0.3 is 5.97 Å². The predicted octanol–water partition coefficient (Wildman–Crippen LogP) is 2.50. The summed E-state index contributed by atoms with van der Waals surface area (Å²) in [6.45, 7) is 6.33. The minimum absolute atomic E-state index is 0.0696. The Kier molecular flexibility index (Phi) is 4.66. The first-order chi connectivity index (χ1) is 9.90.